The predicted octanol–water partition coefficient (Wildman–Crippen LogP) is 14.2. The van der Waals surface area contributed by atoms with Crippen molar-refractivity contribution in [2.75, 3.05) is 0 Å². The molecule has 0 spiro atoms. The number of rotatable bonds is 13. The van der Waals surface area contributed by atoms with Crippen molar-refractivity contribution in [1.82, 2.24) is 35.5 Å². The molecule has 2 aliphatic rings. The van der Waals surface area contributed by atoms with E-state index >= 15 is 0 Å². The first-order valence-electron chi connectivity index (χ1n) is 20.8. The van der Waals surface area contributed by atoms with Gasteiger partial charge in [0.05, 0.1) is 71.4 Å². The second-order valence-electron chi connectivity index (χ2n) is 15.5. The van der Waals surface area contributed by atoms with E-state index < -0.39 is 0 Å². The highest BCUT2D eigenvalue weighted by Crippen LogP contribution is 2.39. The lowest BCUT2D eigenvalue weighted by atomic mass is 9.96. The van der Waals surface area contributed by atoms with Crippen LogP contribution >= 0.6 is 92.9 Å². The quantitative estimate of drug-likeness (QED) is 0.0999. The van der Waals surface area contributed by atoms with Crippen molar-refractivity contribution >= 4 is 110 Å². The van der Waals surface area contributed by atoms with Gasteiger partial charge in [0.15, 0.2) is 5.11 Å². The Balaban J connectivity index is 0.000000186. The van der Waals surface area contributed by atoms with Crippen molar-refractivity contribution in [1.29, 1.82) is 0 Å². The van der Waals surface area contributed by atoms with Gasteiger partial charge in [0.1, 0.15) is 0 Å². The first-order chi connectivity index (χ1) is 29.9. The highest BCUT2D eigenvalue weighted by Gasteiger charge is 2.30. The van der Waals surface area contributed by atoms with Crippen molar-refractivity contribution in [2.24, 2.45) is 5.92 Å². The molecule has 2 aliphatic carbocycles. The summed E-state index contributed by atoms with van der Waals surface area (Å²) in [5, 5.41) is 22.4. The molecular formula is C46H48Cl5N7OS3. The molecule has 16 heteroatoms. The molecule has 8 rings (SSSR count). The molecule has 0 aliphatic heterocycles. The molecule has 0 unspecified atom stereocenters. The smallest absolute Gasteiger partial charge is 0.223 e. The standard InChI is InChI=1S/C24H25Cl2N3OS.C22H23Cl3N4S2/c1-3-4-5-6-18-10-12-22(31-18)23-15(2)20(14-27-24(30)16-7-8-16)28-29(23)21-11-9-17(25)13-19(21)26;1-13-17(12-26-22(30)27-15-5-3-2-4-6-15)28-29(18-8-7-14(23)11-16(18)24)21(13)19-9-10-20(25)31-19/h5-6,9-13,16H,3-4,7-8,14H2,1-2H3,(H,27,30);7-11,15H,2-6,12H2,1H3,(H2,26,27,30)/b6-5+;. The average Bonchev–Trinajstić information content (AvgIpc) is 3.51. The minimum Gasteiger partial charge on any atom is -0.360 e. The van der Waals surface area contributed by atoms with Gasteiger partial charge in [-0.2, -0.15) is 10.2 Å². The summed E-state index contributed by atoms with van der Waals surface area (Å²) in [4.78, 5) is 15.5. The maximum Gasteiger partial charge on any atom is 0.223 e. The van der Waals surface area contributed by atoms with Gasteiger partial charge in [-0.25, -0.2) is 9.36 Å². The van der Waals surface area contributed by atoms with Crippen LogP contribution in [-0.2, 0) is 17.9 Å². The van der Waals surface area contributed by atoms with E-state index in [2.05, 4.69) is 54.1 Å². The lowest BCUT2D eigenvalue weighted by molar-refractivity contribution is -0.122. The summed E-state index contributed by atoms with van der Waals surface area (Å²) in [5.41, 5.74) is 7.31. The van der Waals surface area contributed by atoms with Crippen molar-refractivity contribution in [2.45, 2.75) is 97.7 Å². The number of nitrogens with zero attached hydrogens (tertiary/aromatic N) is 4. The first-order valence-corrected chi connectivity index (χ1v) is 24.8. The number of hydrogen-bond donors (Lipinski definition) is 3. The molecule has 326 valence electrons. The Kier molecular flexibility index (Phi) is 16.2. The summed E-state index contributed by atoms with van der Waals surface area (Å²) in [7, 11) is 0. The molecule has 2 aromatic carbocycles. The van der Waals surface area contributed by atoms with Crippen molar-refractivity contribution in [3.05, 3.63) is 119 Å². The minimum absolute atomic E-state index is 0.111. The van der Waals surface area contributed by atoms with Gasteiger partial charge in [-0.05, 0) is 125 Å². The predicted molar refractivity (Wildman–Crippen MR) is 266 cm³/mol. The third-order valence-corrected chi connectivity index (χ3v) is 14.5. The fourth-order valence-electron chi connectivity index (χ4n) is 7.34. The largest absolute Gasteiger partial charge is 0.360 e. The van der Waals surface area contributed by atoms with Crippen LogP contribution in [0, 0.1) is 19.8 Å². The highest BCUT2D eigenvalue weighted by molar-refractivity contribution is 7.80. The van der Waals surface area contributed by atoms with Crippen LogP contribution < -0.4 is 16.0 Å². The van der Waals surface area contributed by atoms with Gasteiger partial charge < -0.3 is 16.0 Å². The number of unbranched alkanes of at least 4 members (excludes halogenated alkanes) is 1. The van der Waals surface area contributed by atoms with E-state index in [-0.39, 0.29) is 11.8 Å². The lowest BCUT2D eigenvalue weighted by Crippen LogP contribution is -2.42. The number of hydrogen-bond acceptors (Lipinski definition) is 6. The van der Waals surface area contributed by atoms with Crippen LogP contribution in [0.5, 0.6) is 0 Å². The Morgan fingerprint density at radius 2 is 1.32 bits per heavy atom. The number of amides is 1. The maximum atomic E-state index is 12.2. The number of nitrogens with one attached hydrogen (secondary N) is 3. The number of carbonyl (C=O) groups is 1. The maximum absolute atomic E-state index is 12.2. The molecule has 4 heterocycles. The van der Waals surface area contributed by atoms with E-state index in [1.807, 2.05) is 52.7 Å². The molecule has 0 saturated heterocycles. The van der Waals surface area contributed by atoms with Gasteiger partial charge in [0, 0.05) is 38.0 Å². The van der Waals surface area contributed by atoms with Gasteiger partial charge in [-0.3, -0.25) is 4.79 Å². The molecule has 6 aromatic rings. The van der Waals surface area contributed by atoms with Crippen molar-refractivity contribution in [3.63, 3.8) is 0 Å². The number of allylic oxidation sites excluding steroid dienone is 1. The molecule has 0 atom stereocenters. The van der Waals surface area contributed by atoms with E-state index in [1.165, 1.54) is 48.3 Å². The highest BCUT2D eigenvalue weighted by atomic mass is 35.5. The van der Waals surface area contributed by atoms with Gasteiger partial charge in [0.2, 0.25) is 5.91 Å². The van der Waals surface area contributed by atoms with Crippen LogP contribution in [0.25, 0.3) is 38.6 Å². The average molecular weight is 988 g/mol. The molecule has 2 saturated carbocycles. The SMILES string of the molecule is CCC/C=C/c1ccc(-c2c(C)c(CNC(=O)C3CC3)nn2-c2ccc(Cl)cc2Cl)s1.Cc1c(CNC(=S)NC2CCCCC2)nn(-c2ccc(Cl)cc2Cl)c1-c1ccc(Cl)s1. The van der Waals surface area contributed by atoms with Crippen LogP contribution in [0.1, 0.15) is 92.1 Å². The van der Waals surface area contributed by atoms with Gasteiger partial charge in [0.25, 0.3) is 0 Å². The zero-order valence-electron chi connectivity index (χ0n) is 34.7. The summed E-state index contributed by atoms with van der Waals surface area (Å²) in [6.07, 6.45) is 14.7. The van der Waals surface area contributed by atoms with Crippen molar-refractivity contribution < 1.29 is 4.79 Å². The topological polar surface area (TPSA) is 88.8 Å². The van der Waals surface area contributed by atoms with E-state index in [4.69, 9.17) is 80.4 Å². The number of benzene rings is 2. The normalized spacial score (nSPS) is 14.2. The van der Waals surface area contributed by atoms with Crippen LogP contribution in [0.2, 0.25) is 24.4 Å². The fourth-order valence-corrected chi connectivity index (χ4v) is 10.7. The third-order valence-electron chi connectivity index (χ3n) is 10.9. The summed E-state index contributed by atoms with van der Waals surface area (Å²) in [6, 6.07) is 19.4. The zero-order chi connectivity index (χ0) is 43.9. The third kappa shape index (κ3) is 11.6. The van der Waals surface area contributed by atoms with E-state index in [0.717, 1.165) is 85.1 Å². The molecule has 8 nitrogen and oxygen atoms in total. The van der Waals surface area contributed by atoms with Gasteiger partial charge in [-0.15, -0.1) is 22.7 Å². The summed E-state index contributed by atoms with van der Waals surface area (Å²) < 4.78 is 4.46. The summed E-state index contributed by atoms with van der Waals surface area (Å²) in [6.45, 7) is 7.21. The summed E-state index contributed by atoms with van der Waals surface area (Å²) in [5.74, 6) is 0.279. The Bertz CT molecular complexity index is 2570. The number of aromatic nitrogens is 4. The summed E-state index contributed by atoms with van der Waals surface area (Å²) >= 11 is 40.2. The fraction of sp³-hybridized carbons (Fsp3) is 0.348. The van der Waals surface area contributed by atoms with Crippen LogP contribution in [0.4, 0.5) is 0 Å². The van der Waals surface area contributed by atoms with Crippen LogP contribution in [-0.4, -0.2) is 36.6 Å². The second-order valence-corrected chi connectivity index (χ2v) is 20.4. The molecular weight excluding hydrogens is 940 g/mol. The molecule has 62 heavy (non-hydrogen) atoms. The Hall–Kier alpha value is -3.39. The van der Waals surface area contributed by atoms with Crippen molar-refractivity contribution in [3.8, 4) is 32.5 Å². The molecule has 0 bridgehead atoms. The lowest BCUT2D eigenvalue weighted by Gasteiger charge is -2.24. The van der Waals surface area contributed by atoms with Gasteiger partial charge >= 0.3 is 0 Å². The number of thiocarbonyl (C=S) groups is 1. The Morgan fingerprint density at radius 1 is 0.758 bits per heavy atom. The second kappa shape index (κ2) is 21.5. The Labute approximate surface area is 402 Å². The molecule has 4 aromatic heterocycles. The number of thiophene rings is 2. The van der Waals surface area contributed by atoms with Crippen LogP contribution in [0.15, 0.2) is 66.7 Å². The molecule has 2 fully saturated rings. The van der Waals surface area contributed by atoms with Crippen LogP contribution in [0.3, 0.4) is 0 Å². The first kappa shape index (κ1) is 46.6. The monoisotopic (exact) mass is 985 g/mol. The van der Waals surface area contributed by atoms with E-state index in [9.17, 15) is 4.79 Å². The minimum atomic E-state index is 0.111. The number of carbonyl (C=O) groups excluding carboxylic acids is 1. The zero-order valence-corrected chi connectivity index (χ0v) is 40.9. The molecule has 1 amide bonds. The van der Waals surface area contributed by atoms with Gasteiger partial charge in [-0.1, -0.05) is 96.7 Å². The van der Waals surface area contributed by atoms with E-state index in [1.54, 1.807) is 23.5 Å². The molecule has 3 N–H and O–H groups in total. The van der Waals surface area contributed by atoms with E-state index in [0.29, 0.717) is 44.3 Å². The Morgan fingerprint density at radius 3 is 1.85 bits per heavy atom. The molecule has 0 radical (unpaired) electrons. The number of halogens is 5.